The molecular formula is C30H41ClN2O7. The maximum absolute atomic E-state index is 13.4. The van der Waals surface area contributed by atoms with E-state index in [2.05, 4.69) is 0 Å². The molecule has 2 aromatic rings. The molecule has 220 valence electrons. The first kappa shape index (κ1) is 30.6. The van der Waals surface area contributed by atoms with Crippen molar-refractivity contribution in [3.8, 4) is 22.6 Å². The summed E-state index contributed by atoms with van der Waals surface area (Å²) in [5.41, 5.74) is 6.49. The fraction of sp³-hybridized carbons (Fsp3) is 0.567. The SMILES string of the molecule is COCCCC[C@@](O)(c1cccc(Cl)c1-c1cc(OC)cc(OC)c1)[C@H]1CN(C(=O)[C@H]2C[C@@H](N)[C@@H](O)C2)CCO1. The van der Waals surface area contributed by atoms with Gasteiger partial charge in [0.2, 0.25) is 5.91 Å². The molecule has 1 heterocycles. The molecule has 2 fully saturated rings. The zero-order valence-corrected chi connectivity index (χ0v) is 24.2. The van der Waals surface area contributed by atoms with Crippen molar-refractivity contribution in [2.75, 3.05) is 47.6 Å². The van der Waals surface area contributed by atoms with E-state index >= 15 is 0 Å². The summed E-state index contributed by atoms with van der Waals surface area (Å²) in [6.45, 7) is 1.45. The summed E-state index contributed by atoms with van der Waals surface area (Å²) in [6.07, 6.45) is 1.17. The molecule has 9 nitrogen and oxygen atoms in total. The van der Waals surface area contributed by atoms with E-state index in [0.29, 0.717) is 66.5 Å². The van der Waals surface area contributed by atoms with Crippen molar-refractivity contribution >= 4 is 17.5 Å². The number of halogens is 1. The van der Waals surface area contributed by atoms with Crippen molar-refractivity contribution < 1.29 is 34.0 Å². The molecule has 0 unspecified atom stereocenters. The number of unbranched alkanes of at least 4 members (excludes halogenated alkanes) is 1. The number of morpholine rings is 1. The lowest BCUT2D eigenvalue weighted by Crippen LogP contribution is -2.55. The Morgan fingerprint density at radius 2 is 1.88 bits per heavy atom. The molecule has 0 bridgehead atoms. The van der Waals surface area contributed by atoms with Gasteiger partial charge < -0.3 is 39.8 Å². The van der Waals surface area contributed by atoms with Crippen LogP contribution in [0.15, 0.2) is 36.4 Å². The molecule has 1 aliphatic heterocycles. The van der Waals surface area contributed by atoms with Crippen LogP contribution in [0.3, 0.4) is 0 Å². The molecule has 1 saturated heterocycles. The Bertz CT molecular complexity index is 1130. The summed E-state index contributed by atoms with van der Waals surface area (Å²) >= 11 is 6.82. The number of nitrogens with zero attached hydrogens (tertiary/aromatic N) is 1. The number of benzene rings is 2. The number of ether oxygens (including phenoxy) is 4. The van der Waals surface area contributed by atoms with Crippen molar-refractivity contribution in [3.63, 3.8) is 0 Å². The zero-order valence-electron chi connectivity index (χ0n) is 23.5. The molecule has 0 aromatic heterocycles. The number of rotatable bonds is 11. The summed E-state index contributed by atoms with van der Waals surface area (Å²) in [6, 6.07) is 10.5. The Kier molecular flexibility index (Phi) is 10.3. The monoisotopic (exact) mass is 576 g/mol. The quantitative estimate of drug-likeness (QED) is 0.348. The van der Waals surface area contributed by atoms with E-state index < -0.39 is 23.9 Å². The van der Waals surface area contributed by atoms with Gasteiger partial charge >= 0.3 is 0 Å². The van der Waals surface area contributed by atoms with Crippen molar-refractivity contribution in [3.05, 3.63) is 47.0 Å². The van der Waals surface area contributed by atoms with Crippen molar-refractivity contribution in [1.82, 2.24) is 4.90 Å². The molecule has 2 aromatic carbocycles. The van der Waals surface area contributed by atoms with Crippen LogP contribution in [0.4, 0.5) is 0 Å². The number of amides is 1. The summed E-state index contributed by atoms with van der Waals surface area (Å²) in [5, 5.41) is 23.2. The highest BCUT2D eigenvalue weighted by atomic mass is 35.5. The van der Waals surface area contributed by atoms with Crippen molar-refractivity contribution in [1.29, 1.82) is 0 Å². The van der Waals surface area contributed by atoms with E-state index in [0.717, 1.165) is 12.0 Å². The minimum atomic E-state index is -1.48. The van der Waals surface area contributed by atoms with Crippen LogP contribution in [-0.4, -0.2) is 86.9 Å². The molecule has 4 N–H and O–H groups in total. The largest absolute Gasteiger partial charge is 0.497 e. The molecule has 10 heteroatoms. The molecule has 4 rings (SSSR count). The molecule has 1 aliphatic carbocycles. The first-order valence-corrected chi connectivity index (χ1v) is 14.2. The Labute approximate surface area is 241 Å². The summed E-state index contributed by atoms with van der Waals surface area (Å²) in [4.78, 5) is 15.2. The number of methoxy groups -OCH3 is 3. The van der Waals surface area contributed by atoms with E-state index in [9.17, 15) is 15.0 Å². The van der Waals surface area contributed by atoms with Crippen LogP contribution < -0.4 is 15.2 Å². The second kappa shape index (κ2) is 13.5. The Morgan fingerprint density at radius 1 is 1.15 bits per heavy atom. The number of aliphatic hydroxyl groups is 2. The van der Waals surface area contributed by atoms with Gasteiger partial charge in [-0.25, -0.2) is 0 Å². The van der Waals surface area contributed by atoms with E-state index in [1.54, 1.807) is 38.4 Å². The van der Waals surface area contributed by atoms with Gasteiger partial charge in [0.1, 0.15) is 23.2 Å². The smallest absolute Gasteiger partial charge is 0.226 e. The van der Waals surface area contributed by atoms with Crippen LogP contribution in [0.1, 0.15) is 37.7 Å². The first-order valence-electron chi connectivity index (χ1n) is 13.8. The third-order valence-corrected chi connectivity index (χ3v) is 8.43. The summed E-state index contributed by atoms with van der Waals surface area (Å²) in [5.74, 6) is 0.772. The van der Waals surface area contributed by atoms with Gasteiger partial charge in [-0.15, -0.1) is 0 Å². The highest BCUT2D eigenvalue weighted by Crippen LogP contribution is 2.44. The number of hydrogen-bond donors (Lipinski definition) is 3. The number of nitrogens with two attached hydrogens (primary N) is 1. The van der Waals surface area contributed by atoms with E-state index in [-0.39, 0.29) is 25.0 Å². The van der Waals surface area contributed by atoms with Gasteiger partial charge in [-0.05, 0) is 61.4 Å². The Balaban J connectivity index is 1.73. The third-order valence-electron chi connectivity index (χ3n) is 8.11. The summed E-state index contributed by atoms with van der Waals surface area (Å²) < 4.78 is 22.5. The normalized spacial score (nSPS) is 24.5. The minimum Gasteiger partial charge on any atom is -0.497 e. The molecule has 2 aliphatic rings. The molecule has 5 atom stereocenters. The van der Waals surface area contributed by atoms with Crippen LogP contribution in [0.5, 0.6) is 11.5 Å². The highest BCUT2D eigenvalue weighted by molar-refractivity contribution is 6.33. The van der Waals surface area contributed by atoms with E-state index in [1.807, 2.05) is 24.3 Å². The Hall–Kier alpha value is -2.40. The average Bonchev–Trinajstić information content (AvgIpc) is 3.31. The van der Waals surface area contributed by atoms with Crippen LogP contribution in [-0.2, 0) is 19.9 Å². The van der Waals surface area contributed by atoms with Gasteiger partial charge in [0.05, 0.1) is 33.5 Å². The second-order valence-corrected chi connectivity index (χ2v) is 11.1. The van der Waals surface area contributed by atoms with Crippen molar-refractivity contribution in [2.45, 2.75) is 56.0 Å². The topological polar surface area (TPSA) is 124 Å². The van der Waals surface area contributed by atoms with Crippen LogP contribution in [0, 0.1) is 5.92 Å². The predicted molar refractivity (Wildman–Crippen MR) is 153 cm³/mol. The second-order valence-electron chi connectivity index (χ2n) is 10.7. The summed E-state index contributed by atoms with van der Waals surface area (Å²) in [7, 11) is 4.81. The fourth-order valence-electron chi connectivity index (χ4n) is 5.89. The standard InChI is InChI=1S/C30H41ClN2O7/c1-37-11-5-4-9-30(36,27-18-33(10-12-40-27)29(35)20-15-25(32)26(34)16-20)23-7-6-8-24(31)28(23)19-13-21(38-2)17-22(14-19)39-3/h6-8,13-14,17,20,25-27,34,36H,4-5,9-12,15-16,18,32H2,1-3H3/t20-,25+,26-,27+,30+/m0/s1. The molecule has 40 heavy (non-hydrogen) atoms. The van der Waals surface area contributed by atoms with Gasteiger partial charge in [-0.1, -0.05) is 23.7 Å². The maximum atomic E-state index is 13.4. The van der Waals surface area contributed by atoms with Gasteiger partial charge in [0.25, 0.3) is 0 Å². The maximum Gasteiger partial charge on any atom is 0.226 e. The van der Waals surface area contributed by atoms with Crippen LogP contribution in [0.2, 0.25) is 5.02 Å². The van der Waals surface area contributed by atoms with E-state index in [1.165, 1.54) is 0 Å². The van der Waals surface area contributed by atoms with Gasteiger partial charge in [-0.3, -0.25) is 4.79 Å². The van der Waals surface area contributed by atoms with E-state index in [4.69, 9.17) is 36.3 Å². The van der Waals surface area contributed by atoms with Gasteiger partial charge in [-0.2, -0.15) is 0 Å². The molecule has 0 spiro atoms. The molecule has 1 amide bonds. The lowest BCUT2D eigenvalue weighted by molar-refractivity contribution is -0.167. The lowest BCUT2D eigenvalue weighted by atomic mass is 9.78. The predicted octanol–water partition coefficient (Wildman–Crippen LogP) is 3.35. The Morgan fingerprint density at radius 3 is 2.50 bits per heavy atom. The average molecular weight is 577 g/mol. The van der Waals surface area contributed by atoms with Crippen LogP contribution in [0.25, 0.3) is 11.1 Å². The zero-order chi connectivity index (χ0) is 28.9. The number of carbonyl (C=O) groups excluding carboxylic acids is 1. The molecular weight excluding hydrogens is 536 g/mol. The number of carbonyl (C=O) groups is 1. The highest BCUT2D eigenvalue weighted by Gasteiger charge is 2.45. The van der Waals surface area contributed by atoms with Crippen molar-refractivity contribution in [2.24, 2.45) is 11.7 Å². The third kappa shape index (κ3) is 6.56. The fourth-order valence-corrected chi connectivity index (χ4v) is 6.17. The minimum absolute atomic E-state index is 0.0640. The van der Waals surface area contributed by atoms with Gasteiger partial charge in [0, 0.05) is 48.9 Å². The van der Waals surface area contributed by atoms with Crippen LogP contribution >= 0.6 is 11.6 Å². The van der Waals surface area contributed by atoms with Gasteiger partial charge in [0.15, 0.2) is 0 Å². The molecule has 1 saturated carbocycles. The molecule has 0 radical (unpaired) electrons. The first-order chi connectivity index (χ1) is 19.2. The number of hydrogen-bond acceptors (Lipinski definition) is 8. The lowest BCUT2D eigenvalue weighted by Gasteiger charge is -2.44. The number of aliphatic hydroxyl groups excluding tert-OH is 1.